The summed E-state index contributed by atoms with van der Waals surface area (Å²) >= 11 is 0. The normalized spacial score (nSPS) is 13.9. The minimum Gasteiger partial charge on any atom is -0.340 e. The molecular weight excluding hydrogens is 238 g/mol. The highest BCUT2D eigenvalue weighted by Gasteiger charge is 2.28. The van der Waals surface area contributed by atoms with Crippen LogP contribution in [0.15, 0.2) is 30.3 Å². The van der Waals surface area contributed by atoms with Gasteiger partial charge in [-0.3, -0.25) is 4.79 Å². The fourth-order valence-corrected chi connectivity index (χ4v) is 2.39. The van der Waals surface area contributed by atoms with Gasteiger partial charge in [-0.15, -0.1) is 0 Å². The first kappa shape index (κ1) is 12.0. The molecule has 0 saturated carbocycles. The Labute approximate surface area is 112 Å². The minimum atomic E-state index is 0.0394. The van der Waals surface area contributed by atoms with Crippen molar-refractivity contribution in [2.45, 2.75) is 26.9 Å². The molecule has 2 heterocycles. The number of nitrogens with zero attached hydrogens (tertiary/aromatic N) is 2. The molecule has 1 aromatic carbocycles. The maximum atomic E-state index is 12.0. The number of nitrogens with one attached hydrogen (secondary N) is 1. The molecule has 1 aliphatic heterocycles. The van der Waals surface area contributed by atoms with Crippen LogP contribution in [-0.2, 0) is 17.9 Å². The molecule has 1 aliphatic rings. The van der Waals surface area contributed by atoms with Gasteiger partial charge in [0, 0.05) is 11.5 Å². The number of fused-ring (bicyclic) bond motifs is 1. The maximum absolute atomic E-state index is 12.0. The molecule has 0 atom stereocenters. The lowest BCUT2D eigenvalue weighted by Gasteiger charge is -2.17. The van der Waals surface area contributed by atoms with Crippen LogP contribution < -0.4 is 0 Å². The Hall–Kier alpha value is -2.10. The fourth-order valence-electron chi connectivity index (χ4n) is 2.39. The monoisotopic (exact) mass is 255 g/mol. The van der Waals surface area contributed by atoms with Crippen LogP contribution in [0.2, 0.25) is 0 Å². The highest BCUT2D eigenvalue weighted by atomic mass is 16.2. The van der Waals surface area contributed by atoms with Crippen LogP contribution in [0.5, 0.6) is 0 Å². The number of H-pyrrole nitrogens is 1. The number of hydrogen-bond donors (Lipinski definition) is 1. The lowest BCUT2D eigenvalue weighted by Crippen LogP contribution is -2.29. The molecule has 1 amide bonds. The summed E-state index contributed by atoms with van der Waals surface area (Å²) in [6.45, 7) is 5.12. The number of rotatable bonds is 2. The van der Waals surface area contributed by atoms with Crippen molar-refractivity contribution in [3.05, 3.63) is 41.7 Å². The standard InChI is InChI=1S/C15H17N3O/c1-10(2)15(19)18-8-12-13(9-18)17-14(16-12)11-6-4-3-5-7-11/h3-7,10H,8-9H2,1-2H3,(H,16,17). The molecule has 4 heteroatoms. The van der Waals surface area contributed by atoms with Crippen molar-refractivity contribution < 1.29 is 4.79 Å². The summed E-state index contributed by atoms with van der Waals surface area (Å²) in [5.41, 5.74) is 3.14. The number of carbonyl (C=O) groups excluding carboxylic acids is 1. The van der Waals surface area contributed by atoms with Gasteiger partial charge in [0.15, 0.2) is 0 Å². The van der Waals surface area contributed by atoms with Crippen LogP contribution in [0.1, 0.15) is 25.2 Å². The Balaban J connectivity index is 1.82. The second-order valence-corrected chi connectivity index (χ2v) is 5.23. The summed E-state index contributed by atoms with van der Waals surface area (Å²) in [5.74, 6) is 1.12. The third-order valence-electron chi connectivity index (χ3n) is 3.41. The van der Waals surface area contributed by atoms with E-state index in [1.165, 1.54) is 0 Å². The highest BCUT2D eigenvalue weighted by molar-refractivity contribution is 5.78. The van der Waals surface area contributed by atoms with Gasteiger partial charge in [0.05, 0.1) is 24.5 Å². The van der Waals surface area contributed by atoms with E-state index in [4.69, 9.17) is 0 Å². The molecule has 0 unspecified atom stereocenters. The van der Waals surface area contributed by atoms with Crippen molar-refractivity contribution in [3.63, 3.8) is 0 Å². The molecule has 1 aromatic heterocycles. The van der Waals surface area contributed by atoms with Crippen molar-refractivity contribution >= 4 is 5.91 Å². The first-order valence-corrected chi connectivity index (χ1v) is 6.57. The summed E-state index contributed by atoms with van der Waals surface area (Å²) in [5, 5.41) is 0. The van der Waals surface area contributed by atoms with E-state index in [9.17, 15) is 4.79 Å². The van der Waals surface area contributed by atoms with Gasteiger partial charge in [-0.2, -0.15) is 0 Å². The smallest absolute Gasteiger partial charge is 0.225 e. The van der Waals surface area contributed by atoms with Crippen molar-refractivity contribution in [1.29, 1.82) is 0 Å². The third-order valence-corrected chi connectivity index (χ3v) is 3.41. The molecule has 1 N–H and O–H groups in total. The van der Waals surface area contributed by atoms with E-state index in [-0.39, 0.29) is 11.8 Å². The zero-order valence-electron chi connectivity index (χ0n) is 11.2. The second-order valence-electron chi connectivity index (χ2n) is 5.23. The molecule has 19 heavy (non-hydrogen) atoms. The number of imidazole rings is 1. The number of hydrogen-bond acceptors (Lipinski definition) is 2. The van der Waals surface area contributed by atoms with Crippen molar-refractivity contribution in [1.82, 2.24) is 14.9 Å². The molecule has 2 aromatic rings. The van der Waals surface area contributed by atoms with Crippen molar-refractivity contribution in [2.75, 3.05) is 0 Å². The van der Waals surface area contributed by atoms with Crippen LogP contribution in [0, 0.1) is 5.92 Å². The summed E-state index contributed by atoms with van der Waals surface area (Å²) in [4.78, 5) is 21.7. The van der Waals surface area contributed by atoms with E-state index in [1.807, 2.05) is 49.1 Å². The van der Waals surface area contributed by atoms with Crippen LogP contribution in [-0.4, -0.2) is 20.8 Å². The van der Waals surface area contributed by atoms with Gasteiger partial charge in [-0.05, 0) is 0 Å². The molecule has 0 radical (unpaired) electrons. The lowest BCUT2D eigenvalue weighted by atomic mass is 10.2. The molecule has 98 valence electrons. The second kappa shape index (κ2) is 4.53. The van der Waals surface area contributed by atoms with Crippen LogP contribution in [0.25, 0.3) is 11.4 Å². The minimum absolute atomic E-state index is 0.0394. The first-order valence-electron chi connectivity index (χ1n) is 6.57. The summed E-state index contributed by atoms with van der Waals surface area (Å²) in [7, 11) is 0. The Morgan fingerprint density at radius 1 is 1.26 bits per heavy atom. The Bertz CT molecular complexity index is 578. The van der Waals surface area contributed by atoms with Gasteiger partial charge in [0.2, 0.25) is 5.91 Å². The van der Waals surface area contributed by atoms with Crippen molar-refractivity contribution in [3.8, 4) is 11.4 Å². The summed E-state index contributed by atoms with van der Waals surface area (Å²) < 4.78 is 0. The zero-order chi connectivity index (χ0) is 13.4. The molecular formula is C15H17N3O. The molecule has 4 nitrogen and oxygen atoms in total. The number of carbonyl (C=O) groups is 1. The molecule has 0 aliphatic carbocycles. The van der Waals surface area contributed by atoms with Gasteiger partial charge >= 0.3 is 0 Å². The van der Waals surface area contributed by atoms with Gasteiger partial charge in [0.25, 0.3) is 0 Å². The number of aromatic amines is 1. The number of benzene rings is 1. The highest BCUT2D eigenvalue weighted by Crippen LogP contribution is 2.25. The van der Waals surface area contributed by atoms with Crippen molar-refractivity contribution in [2.24, 2.45) is 5.92 Å². The average Bonchev–Trinajstić information content (AvgIpc) is 2.96. The fraction of sp³-hybridized carbons (Fsp3) is 0.333. The van der Waals surface area contributed by atoms with Gasteiger partial charge in [-0.1, -0.05) is 44.2 Å². The van der Waals surface area contributed by atoms with E-state index in [1.54, 1.807) is 0 Å². The zero-order valence-corrected chi connectivity index (χ0v) is 11.2. The largest absolute Gasteiger partial charge is 0.340 e. The summed E-state index contributed by atoms with van der Waals surface area (Å²) in [6, 6.07) is 10.0. The lowest BCUT2D eigenvalue weighted by molar-refractivity contribution is -0.135. The molecule has 3 rings (SSSR count). The Morgan fingerprint density at radius 3 is 2.63 bits per heavy atom. The predicted octanol–water partition coefficient (Wildman–Crippen LogP) is 2.57. The maximum Gasteiger partial charge on any atom is 0.225 e. The van der Waals surface area contributed by atoms with Crippen LogP contribution >= 0.6 is 0 Å². The third kappa shape index (κ3) is 2.14. The Morgan fingerprint density at radius 2 is 2.00 bits per heavy atom. The molecule has 0 saturated heterocycles. The van der Waals surface area contributed by atoms with Gasteiger partial charge in [-0.25, -0.2) is 4.98 Å². The molecule has 0 fully saturated rings. The van der Waals surface area contributed by atoms with Crippen LogP contribution in [0.4, 0.5) is 0 Å². The molecule has 0 bridgehead atoms. The summed E-state index contributed by atoms with van der Waals surface area (Å²) in [6.07, 6.45) is 0. The average molecular weight is 255 g/mol. The number of aromatic nitrogens is 2. The van der Waals surface area contributed by atoms with E-state index in [2.05, 4.69) is 9.97 Å². The van der Waals surface area contributed by atoms with Gasteiger partial charge in [0.1, 0.15) is 5.82 Å². The van der Waals surface area contributed by atoms with E-state index < -0.39 is 0 Å². The van der Waals surface area contributed by atoms with E-state index in [0.717, 1.165) is 22.8 Å². The topological polar surface area (TPSA) is 49.0 Å². The predicted molar refractivity (Wildman–Crippen MR) is 73.1 cm³/mol. The first-order chi connectivity index (χ1) is 9.15. The number of amides is 1. The quantitative estimate of drug-likeness (QED) is 0.896. The molecule has 0 spiro atoms. The Kier molecular flexibility index (Phi) is 2.85. The SMILES string of the molecule is CC(C)C(=O)N1Cc2nc(-c3ccccc3)[nH]c2C1. The van der Waals surface area contributed by atoms with E-state index in [0.29, 0.717) is 13.1 Å². The van der Waals surface area contributed by atoms with E-state index >= 15 is 0 Å². The van der Waals surface area contributed by atoms with Crippen LogP contribution in [0.3, 0.4) is 0 Å². The van der Waals surface area contributed by atoms with Gasteiger partial charge < -0.3 is 9.88 Å².